The van der Waals surface area contributed by atoms with Crippen LogP contribution in [0.4, 0.5) is 28.4 Å². The molecule has 0 saturated carbocycles. The topological polar surface area (TPSA) is 162 Å². The lowest BCUT2D eigenvalue weighted by molar-refractivity contribution is -0.384. The predicted molar refractivity (Wildman–Crippen MR) is 80.8 cm³/mol. The summed E-state index contributed by atoms with van der Waals surface area (Å²) in [5, 5.41) is 33.4. The van der Waals surface area contributed by atoms with Crippen LogP contribution >= 0.6 is 0 Å². The zero-order valence-electron chi connectivity index (χ0n) is 11.4. The molecule has 0 aliphatic heterocycles. The van der Waals surface area contributed by atoms with E-state index in [2.05, 4.69) is 5.32 Å². The first-order chi connectivity index (χ1) is 10.8. The molecule has 0 fully saturated rings. The highest BCUT2D eigenvalue weighted by atomic mass is 16.6. The molecule has 2 aromatic rings. The van der Waals surface area contributed by atoms with E-state index in [0.29, 0.717) is 0 Å². The van der Waals surface area contributed by atoms with E-state index in [1.165, 1.54) is 24.3 Å². The molecule has 0 spiro atoms. The Kier molecular flexibility index (Phi) is 4.07. The van der Waals surface area contributed by atoms with Gasteiger partial charge in [-0.15, -0.1) is 0 Å². The van der Waals surface area contributed by atoms with Crippen molar-refractivity contribution < 1.29 is 19.7 Å². The number of benzene rings is 2. The maximum Gasteiger partial charge on any atom is 0.335 e. The van der Waals surface area contributed by atoms with Crippen LogP contribution < -0.4 is 11.1 Å². The first-order valence-corrected chi connectivity index (χ1v) is 6.12. The monoisotopic (exact) mass is 318 g/mol. The highest BCUT2D eigenvalue weighted by Gasteiger charge is 2.19. The second-order valence-corrected chi connectivity index (χ2v) is 4.45. The lowest BCUT2D eigenvalue weighted by atomic mass is 10.1. The SMILES string of the molecule is Nc1ccc(Nc2ccc(C(=O)O)cc2[N+](=O)[O-])cc1[N+](=O)[O-]. The van der Waals surface area contributed by atoms with Gasteiger partial charge in [0.2, 0.25) is 0 Å². The van der Waals surface area contributed by atoms with Crippen LogP contribution in [-0.2, 0) is 0 Å². The van der Waals surface area contributed by atoms with Gasteiger partial charge in [0.05, 0.1) is 15.4 Å². The molecule has 0 heterocycles. The molecule has 23 heavy (non-hydrogen) atoms. The number of hydrogen-bond acceptors (Lipinski definition) is 7. The third kappa shape index (κ3) is 3.32. The number of rotatable bonds is 5. The molecule has 0 amide bonds. The van der Waals surface area contributed by atoms with E-state index < -0.39 is 21.5 Å². The van der Waals surface area contributed by atoms with Crippen LogP contribution in [0.25, 0.3) is 0 Å². The normalized spacial score (nSPS) is 10.1. The van der Waals surface area contributed by atoms with Crippen molar-refractivity contribution in [3.05, 3.63) is 62.2 Å². The average Bonchev–Trinajstić information content (AvgIpc) is 2.48. The molecular weight excluding hydrogens is 308 g/mol. The minimum Gasteiger partial charge on any atom is -0.478 e. The molecular formula is C13H10N4O6. The van der Waals surface area contributed by atoms with E-state index in [1.807, 2.05) is 0 Å². The molecule has 0 aromatic heterocycles. The number of anilines is 3. The number of nitrogens with two attached hydrogens (primary N) is 1. The van der Waals surface area contributed by atoms with Crippen molar-refractivity contribution in [2.45, 2.75) is 0 Å². The van der Waals surface area contributed by atoms with Gasteiger partial charge in [0.25, 0.3) is 11.4 Å². The molecule has 0 bridgehead atoms. The summed E-state index contributed by atoms with van der Waals surface area (Å²) < 4.78 is 0. The van der Waals surface area contributed by atoms with Crippen LogP contribution in [0.5, 0.6) is 0 Å². The van der Waals surface area contributed by atoms with E-state index in [1.54, 1.807) is 0 Å². The standard InChI is InChI=1S/C13H10N4O6/c14-9-3-2-8(6-11(9)16(20)21)15-10-4-1-7(13(18)19)5-12(10)17(22)23/h1-6,15H,14H2,(H,18,19). The Morgan fingerprint density at radius 3 is 2.26 bits per heavy atom. The Hall–Kier alpha value is -3.69. The van der Waals surface area contributed by atoms with Gasteiger partial charge in [0, 0.05) is 17.8 Å². The summed E-state index contributed by atoms with van der Waals surface area (Å²) in [5.41, 5.74) is 4.57. The van der Waals surface area contributed by atoms with Crippen molar-refractivity contribution in [2.75, 3.05) is 11.1 Å². The highest BCUT2D eigenvalue weighted by Crippen LogP contribution is 2.31. The molecule has 10 nitrogen and oxygen atoms in total. The zero-order valence-corrected chi connectivity index (χ0v) is 11.4. The predicted octanol–water partition coefficient (Wildman–Crippen LogP) is 2.53. The molecule has 0 unspecified atom stereocenters. The van der Waals surface area contributed by atoms with Crippen molar-refractivity contribution in [3.8, 4) is 0 Å². The minimum atomic E-state index is -1.30. The van der Waals surface area contributed by atoms with Gasteiger partial charge in [-0.3, -0.25) is 20.2 Å². The molecule has 4 N–H and O–H groups in total. The van der Waals surface area contributed by atoms with E-state index >= 15 is 0 Å². The molecule has 0 radical (unpaired) electrons. The number of nitro groups is 2. The molecule has 118 valence electrons. The fourth-order valence-corrected chi connectivity index (χ4v) is 1.86. The van der Waals surface area contributed by atoms with Crippen LogP contribution in [0.2, 0.25) is 0 Å². The number of nitrogens with zero attached hydrogens (tertiary/aromatic N) is 2. The van der Waals surface area contributed by atoms with Gasteiger partial charge in [-0.1, -0.05) is 0 Å². The molecule has 0 atom stereocenters. The van der Waals surface area contributed by atoms with E-state index in [-0.39, 0.29) is 28.3 Å². The molecule has 0 aliphatic rings. The van der Waals surface area contributed by atoms with Crippen molar-refractivity contribution in [2.24, 2.45) is 0 Å². The Bertz CT molecular complexity index is 820. The third-order valence-corrected chi connectivity index (χ3v) is 2.95. The first-order valence-electron chi connectivity index (χ1n) is 6.12. The fraction of sp³-hybridized carbons (Fsp3) is 0. The quantitative estimate of drug-likeness (QED) is 0.430. The minimum absolute atomic E-state index is 0.000862. The summed E-state index contributed by atoms with van der Waals surface area (Å²) in [6, 6.07) is 7.13. The van der Waals surface area contributed by atoms with Gasteiger partial charge < -0.3 is 16.2 Å². The summed E-state index contributed by atoms with van der Waals surface area (Å²) in [6.45, 7) is 0. The Morgan fingerprint density at radius 1 is 1.04 bits per heavy atom. The van der Waals surface area contributed by atoms with E-state index in [0.717, 1.165) is 12.1 Å². The van der Waals surface area contributed by atoms with Crippen LogP contribution in [0.3, 0.4) is 0 Å². The summed E-state index contributed by atoms with van der Waals surface area (Å²) in [6.07, 6.45) is 0. The smallest absolute Gasteiger partial charge is 0.335 e. The Morgan fingerprint density at radius 2 is 1.70 bits per heavy atom. The van der Waals surface area contributed by atoms with Crippen LogP contribution in [-0.4, -0.2) is 20.9 Å². The van der Waals surface area contributed by atoms with Crippen LogP contribution in [0, 0.1) is 20.2 Å². The van der Waals surface area contributed by atoms with Gasteiger partial charge in [0.1, 0.15) is 11.4 Å². The van der Waals surface area contributed by atoms with Gasteiger partial charge >= 0.3 is 5.97 Å². The lowest BCUT2D eigenvalue weighted by Gasteiger charge is -2.08. The molecule has 2 rings (SSSR count). The molecule has 0 aliphatic carbocycles. The average molecular weight is 318 g/mol. The summed E-state index contributed by atoms with van der Waals surface area (Å²) >= 11 is 0. The molecule has 0 saturated heterocycles. The summed E-state index contributed by atoms with van der Waals surface area (Å²) in [5.74, 6) is -1.30. The fourth-order valence-electron chi connectivity index (χ4n) is 1.86. The number of aromatic carboxylic acids is 1. The second-order valence-electron chi connectivity index (χ2n) is 4.45. The molecule has 2 aromatic carbocycles. The first kappa shape index (κ1) is 15.7. The summed E-state index contributed by atoms with van der Waals surface area (Å²) in [4.78, 5) is 31.3. The Labute approximate surface area is 128 Å². The van der Waals surface area contributed by atoms with Crippen molar-refractivity contribution >= 4 is 34.4 Å². The van der Waals surface area contributed by atoms with Crippen LogP contribution in [0.15, 0.2) is 36.4 Å². The van der Waals surface area contributed by atoms with Crippen LogP contribution in [0.1, 0.15) is 10.4 Å². The Balaban J connectivity index is 2.44. The van der Waals surface area contributed by atoms with Crippen molar-refractivity contribution in [3.63, 3.8) is 0 Å². The van der Waals surface area contributed by atoms with Crippen molar-refractivity contribution in [1.29, 1.82) is 0 Å². The second kappa shape index (κ2) is 5.97. The van der Waals surface area contributed by atoms with E-state index in [9.17, 15) is 25.0 Å². The number of nitrogens with one attached hydrogen (secondary N) is 1. The van der Waals surface area contributed by atoms with Gasteiger partial charge in [-0.2, -0.15) is 0 Å². The number of hydrogen-bond donors (Lipinski definition) is 3. The number of carboxylic acids is 1. The lowest BCUT2D eigenvalue weighted by Crippen LogP contribution is -2.02. The van der Waals surface area contributed by atoms with Gasteiger partial charge in [-0.05, 0) is 24.3 Å². The number of nitro benzene ring substituents is 2. The largest absolute Gasteiger partial charge is 0.478 e. The number of nitrogen functional groups attached to an aromatic ring is 1. The van der Waals surface area contributed by atoms with E-state index in [4.69, 9.17) is 10.8 Å². The summed E-state index contributed by atoms with van der Waals surface area (Å²) in [7, 11) is 0. The maximum atomic E-state index is 11.1. The number of carbonyl (C=O) groups is 1. The van der Waals surface area contributed by atoms with Gasteiger partial charge in [0.15, 0.2) is 0 Å². The maximum absolute atomic E-state index is 11.1. The highest BCUT2D eigenvalue weighted by molar-refractivity contribution is 5.90. The zero-order chi connectivity index (χ0) is 17.1. The van der Waals surface area contributed by atoms with Gasteiger partial charge in [-0.25, -0.2) is 4.79 Å². The third-order valence-electron chi connectivity index (χ3n) is 2.95. The molecule has 10 heteroatoms. The number of carboxylic acid groups (broad SMARTS) is 1. The van der Waals surface area contributed by atoms with Crippen molar-refractivity contribution in [1.82, 2.24) is 0 Å².